The average molecular weight is 234 g/mol. The Kier molecular flexibility index (Phi) is 5.02. The number of rotatable bonds is 6. The lowest BCUT2D eigenvalue weighted by Gasteiger charge is -2.14. The summed E-state index contributed by atoms with van der Waals surface area (Å²) in [6, 6.07) is 0. The minimum Gasteiger partial charge on any atom is -0.315 e. The van der Waals surface area contributed by atoms with Crippen LogP contribution in [0.2, 0.25) is 0 Å². The van der Waals surface area contributed by atoms with Gasteiger partial charge in [-0.25, -0.2) is 12.7 Å². The molecule has 0 atom stereocenters. The fourth-order valence-corrected chi connectivity index (χ4v) is 3.19. The Labute approximate surface area is 93.1 Å². The van der Waals surface area contributed by atoms with Crippen molar-refractivity contribution in [1.82, 2.24) is 9.62 Å². The highest BCUT2D eigenvalue weighted by Crippen LogP contribution is 2.11. The van der Waals surface area contributed by atoms with Gasteiger partial charge in [-0.05, 0) is 25.3 Å². The summed E-state index contributed by atoms with van der Waals surface area (Å²) in [5.41, 5.74) is 0. The summed E-state index contributed by atoms with van der Waals surface area (Å²) >= 11 is 0. The van der Waals surface area contributed by atoms with E-state index < -0.39 is 10.0 Å². The first-order chi connectivity index (χ1) is 7.02. The van der Waals surface area contributed by atoms with Gasteiger partial charge in [0.1, 0.15) is 0 Å². The van der Waals surface area contributed by atoms with Gasteiger partial charge >= 0.3 is 0 Å². The van der Waals surface area contributed by atoms with Crippen LogP contribution in [0.25, 0.3) is 0 Å². The number of nitrogens with zero attached hydrogens (tertiary/aromatic N) is 1. The molecule has 1 saturated heterocycles. The molecule has 4 nitrogen and oxygen atoms in total. The van der Waals surface area contributed by atoms with Crippen LogP contribution in [-0.4, -0.2) is 44.7 Å². The Morgan fingerprint density at radius 1 is 1.33 bits per heavy atom. The minimum absolute atomic E-state index is 0.332. The fraction of sp³-hybridized carbons (Fsp3) is 1.00. The number of nitrogens with one attached hydrogen (secondary N) is 1. The maximum atomic E-state index is 11.4. The third-order valence-corrected chi connectivity index (χ3v) is 4.60. The SMILES string of the molecule is CC(C)CCNCCN1CCCS1(=O)=O. The van der Waals surface area contributed by atoms with Crippen molar-refractivity contribution >= 4 is 10.0 Å². The Morgan fingerprint density at radius 3 is 2.60 bits per heavy atom. The van der Waals surface area contributed by atoms with Crippen molar-refractivity contribution in [3.8, 4) is 0 Å². The van der Waals surface area contributed by atoms with Crippen molar-refractivity contribution in [2.24, 2.45) is 5.92 Å². The van der Waals surface area contributed by atoms with E-state index in [1.807, 2.05) is 0 Å². The summed E-state index contributed by atoms with van der Waals surface area (Å²) in [6.07, 6.45) is 1.93. The molecule has 1 N–H and O–H groups in total. The van der Waals surface area contributed by atoms with Gasteiger partial charge in [-0.3, -0.25) is 0 Å². The first-order valence-corrected chi connectivity index (χ1v) is 7.32. The maximum absolute atomic E-state index is 11.4. The molecule has 1 rings (SSSR count). The summed E-state index contributed by atoms with van der Waals surface area (Å²) < 4.78 is 24.5. The normalized spacial score (nSPS) is 21.3. The molecule has 1 fully saturated rings. The molecule has 0 unspecified atom stereocenters. The number of hydrogen-bond acceptors (Lipinski definition) is 3. The van der Waals surface area contributed by atoms with E-state index in [1.165, 1.54) is 0 Å². The fourth-order valence-electron chi connectivity index (χ4n) is 1.66. The molecule has 0 radical (unpaired) electrons. The van der Waals surface area contributed by atoms with E-state index in [-0.39, 0.29) is 0 Å². The van der Waals surface area contributed by atoms with Gasteiger partial charge in [-0.1, -0.05) is 13.8 Å². The Balaban J connectivity index is 2.10. The summed E-state index contributed by atoms with van der Waals surface area (Å²) in [4.78, 5) is 0. The summed E-state index contributed by atoms with van der Waals surface area (Å²) in [7, 11) is -2.90. The van der Waals surface area contributed by atoms with Crippen molar-refractivity contribution in [1.29, 1.82) is 0 Å². The maximum Gasteiger partial charge on any atom is 0.214 e. The highest BCUT2D eigenvalue weighted by molar-refractivity contribution is 7.89. The van der Waals surface area contributed by atoms with Crippen LogP contribution >= 0.6 is 0 Å². The zero-order valence-corrected chi connectivity index (χ0v) is 10.5. The van der Waals surface area contributed by atoms with Gasteiger partial charge < -0.3 is 5.32 Å². The van der Waals surface area contributed by atoms with Crippen molar-refractivity contribution in [2.45, 2.75) is 26.7 Å². The first-order valence-electron chi connectivity index (χ1n) is 5.71. The second-order valence-electron chi connectivity index (χ2n) is 4.50. The van der Waals surface area contributed by atoms with Crippen molar-refractivity contribution in [2.75, 3.05) is 31.9 Å². The first kappa shape index (κ1) is 12.9. The molecule has 1 heterocycles. The van der Waals surface area contributed by atoms with Crippen LogP contribution in [0.15, 0.2) is 0 Å². The van der Waals surface area contributed by atoms with E-state index in [0.29, 0.717) is 24.8 Å². The van der Waals surface area contributed by atoms with E-state index in [9.17, 15) is 8.42 Å². The molecule has 15 heavy (non-hydrogen) atoms. The lowest BCUT2D eigenvalue weighted by Crippen LogP contribution is -2.33. The molecule has 0 aromatic carbocycles. The van der Waals surface area contributed by atoms with Crippen LogP contribution < -0.4 is 5.32 Å². The van der Waals surface area contributed by atoms with Gasteiger partial charge in [0.25, 0.3) is 0 Å². The summed E-state index contributed by atoms with van der Waals surface area (Å²) in [5.74, 6) is 1.03. The van der Waals surface area contributed by atoms with Crippen LogP contribution in [0.1, 0.15) is 26.7 Å². The summed E-state index contributed by atoms with van der Waals surface area (Å²) in [6.45, 7) is 7.45. The van der Waals surface area contributed by atoms with Crippen molar-refractivity contribution in [3.63, 3.8) is 0 Å². The average Bonchev–Trinajstić information content (AvgIpc) is 2.44. The van der Waals surface area contributed by atoms with Crippen LogP contribution in [0.5, 0.6) is 0 Å². The largest absolute Gasteiger partial charge is 0.315 e. The predicted octanol–water partition coefficient (Wildman–Crippen LogP) is 0.658. The molecule has 0 amide bonds. The smallest absolute Gasteiger partial charge is 0.214 e. The molecule has 0 aliphatic carbocycles. The number of sulfonamides is 1. The second kappa shape index (κ2) is 5.82. The third-order valence-electron chi connectivity index (χ3n) is 2.64. The molecular weight excluding hydrogens is 212 g/mol. The Morgan fingerprint density at radius 2 is 2.07 bits per heavy atom. The minimum atomic E-state index is -2.90. The molecular formula is C10H22N2O2S. The molecule has 0 aromatic heterocycles. The van der Waals surface area contributed by atoms with Crippen LogP contribution in [-0.2, 0) is 10.0 Å². The third kappa shape index (κ3) is 4.49. The van der Waals surface area contributed by atoms with Crippen molar-refractivity contribution in [3.05, 3.63) is 0 Å². The van der Waals surface area contributed by atoms with Gasteiger partial charge in [0.05, 0.1) is 5.75 Å². The standard InChI is InChI=1S/C10H22N2O2S/c1-10(2)4-5-11-6-8-12-7-3-9-15(12,13)14/h10-11H,3-9H2,1-2H3. The predicted molar refractivity (Wildman–Crippen MR) is 62.3 cm³/mol. The van der Waals surface area contributed by atoms with Gasteiger partial charge in [0.2, 0.25) is 10.0 Å². The van der Waals surface area contributed by atoms with Crippen molar-refractivity contribution < 1.29 is 8.42 Å². The highest BCUT2D eigenvalue weighted by Gasteiger charge is 2.27. The zero-order chi connectivity index (χ0) is 11.3. The quantitative estimate of drug-likeness (QED) is 0.687. The van der Waals surface area contributed by atoms with E-state index in [0.717, 1.165) is 25.9 Å². The molecule has 1 aliphatic heterocycles. The van der Waals surface area contributed by atoms with Crippen LogP contribution in [0.4, 0.5) is 0 Å². The van der Waals surface area contributed by atoms with E-state index >= 15 is 0 Å². The van der Waals surface area contributed by atoms with E-state index in [4.69, 9.17) is 0 Å². The van der Waals surface area contributed by atoms with Crippen LogP contribution in [0.3, 0.4) is 0 Å². The second-order valence-corrected chi connectivity index (χ2v) is 6.59. The van der Waals surface area contributed by atoms with Gasteiger partial charge in [-0.15, -0.1) is 0 Å². The molecule has 90 valence electrons. The zero-order valence-electron chi connectivity index (χ0n) is 9.70. The molecule has 1 aliphatic rings. The molecule has 0 bridgehead atoms. The molecule has 0 saturated carbocycles. The Hall–Kier alpha value is -0.130. The van der Waals surface area contributed by atoms with Crippen LogP contribution in [0, 0.1) is 5.92 Å². The Bertz CT molecular complexity index is 275. The van der Waals surface area contributed by atoms with E-state index in [2.05, 4.69) is 19.2 Å². The monoisotopic (exact) mass is 234 g/mol. The van der Waals surface area contributed by atoms with Gasteiger partial charge in [0, 0.05) is 19.6 Å². The number of hydrogen-bond donors (Lipinski definition) is 1. The highest BCUT2D eigenvalue weighted by atomic mass is 32.2. The topological polar surface area (TPSA) is 49.4 Å². The molecule has 0 aromatic rings. The van der Waals surface area contributed by atoms with Gasteiger partial charge in [-0.2, -0.15) is 0 Å². The molecule has 0 spiro atoms. The molecule has 5 heteroatoms. The lowest BCUT2D eigenvalue weighted by atomic mass is 10.1. The van der Waals surface area contributed by atoms with Gasteiger partial charge in [0.15, 0.2) is 0 Å². The van der Waals surface area contributed by atoms with E-state index in [1.54, 1.807) is 4.31 Å². The lowest BCUT2D eigenvalue weighted by molar-refractivity contribution is 0.428. The summed E-state index contributed by atoms with van der Waals surface area (Å²) in [5, 5.41) is 3.28.